The predicted octanol–water partition coefficient (Wildman–Crippen LogP) is 4.91. The average molecular weight is 624 g/mol. The number of amides is 2. The molecule has 1 aromatic carbocycles. The molecule has 234 valence electrons. The van der Waals surface area contributed by atoms with Crippen molar-refractivity contribution < 1.29 is 23.5 Å². The number of carbonyl (C=O) groups excluding carboxylic acids is 2. The predicted molar refractivity (Wildman–Crippen MR) is 164 cm³/mol. The molecule has 0 bridgehead atoms. The largest absolute Gasteiger partial charge is 0.444 e. The monoisotopic (exact) mass is 623 g/mol. The number of thioether (sulfide) groups is 1. The van der Waals surface area contributed by atoms with Gasteiger partial charge >= 0.3 is 6.09 Å². The van der Waals surface area contributed by atoms with Crippen LogP contribution in [0.15, 0.2) is 23.4 Å². The summed E-state index contributed by atoms with van der Waals surface area (Å²) in [5.41, 5.74) is 2.88. The van der Waals surface area contributed by atoms with Gasteiger partial charge < -0.3 is 19.3 Å². The van der Waals surface area contributed by atoms with Gasteiger partial charge in [0.05, 0.1) is 30.2 Å². The van der Waals surface area contributed by atoms with E-state index in [1.807, 2.05) is 23.1 Å². The molecule has 0 fully saturated rings. The molecule has 3 aliphatic rings. The number of anilines is 2. The number of halogens is 1. The fraction of sp³-hybridized carbons (Fsp3) is 0.516. The number of benzene rings is 1. The second kappa shape index (κ2) is 11.3. The van der Waals surface area contributed by atoms with Gasteiger partial charge in [-0.25, -0.2) is 19.2 Å². The SMILES string of the molecule is CSc1nc2c(c(N3CCCn4nc(C(=O)N(C)C)cc4C3)n1)COC1(CCc3ccc(NC(=O)OC(C)(C)C)c(F)c31)C2. The van der Waals surface area contributed by atoms with Crippen molar-refractivity contribution in [3.05, 3.63) is 57.8 Å². The molecule has 11 nitrogen and oxygen atoms in total. The Bertz CT molecular complexity index is 1640. The Morgan fingerprint density at radius 3 is 2.73 bits per heavy atom. The molecule has 3 aromatic rings. The van der Waals surface area contributed by atoms with Gasteiger partial charge in [0, 0.05) is 44.7 Å². The first-order valence-corrected chi connectivity index (χ1v) is 16.0. The summed E-state index contributed by atoms with van der Waals surface area (Å²) in [5, 5.41) is 7.78. The Hall–Kier alpha value is -3.71. The molecule has 2 aliphatic heterocycles. The van der Waals surface area contributed by atoms with Crippen molar-refractivity contribution in [3.63, 3.8) is 0 Å². The number of aromatic nitrogens is 4. The molecule has 44 heavy (non-hydrogen) atoms. The Morgan fingerprint density at radius 2 is 2.00 bits per heavy atom. The molecule has 1 N–H and O–H groups in total. The molecule has 1 aliphatic carbocycles. The lowest BCUT2D eigenvalue weighted by atomic mass is 9.86. The van der Waals surface area contributed by atoms with E-state index in [9.17, 15) is 9.59 Å². The summed E-state index contributed by atoms with van der Waals surface area (Å²) >= 11 is 1.46. The fourth-order valence-corrected chi connectivity index (χ4v) is 6.64. The standard InChI is InChI=1S/C31H38FN7O4S/c1-30(2,3)43-29(41)34-21-9-8-18-10-11-31(24(18)25(21)32)15-23-20(17-42-31)26(35-28(33-23)44-6)38-12-7-13-39-19(16-38)14-22(36-39)27(40)37(4)5/h8-9,14H,7,10-13,15-17H2,1-6H3,(H,34,41). The number of fused-ring (bicyclic) bond motifs is 4. The normalized spacial score (nSPS) is 19.2. The maximum Gasteiger partial charge on any atom is 0.412 e. The summed E-state index contributed by atoms with van der Waals surface area (Å²) in [6, 6.07) is 5.30. The Morgan fingerprint density at radius 1 is 1.20 bits per heavy atom. The molecule has 1 spiro atoms. The van der Waals surface area contributed by atoms with Crippen LogP contribution in [0.3, 0.4) is 0 Å². The summed E-state index contributed by atoms with van der Waals surface area (Å²) < 4.78 is 30.0. The molecule has 0 radical (unpaired) electrons. The number of carbonyl (C=O) groups is 2. The van der Waals surface area contributed by atoms with Crippen molar-refractivity contribution in [2.24, 2.45) is 0 Å². The summed E-state index contributed by atoms with van der Waals surface area (Å²) in [6.45, 7) is 7.49. The van der Waals surface area contributed by atoms with Crippen LogP contribution in [0.5, 0.6) is 0 Å². The minimum absolute atomic E-state index is 0.0650. The van der Waals surface area contributed by atoms with Gasteiger partial charge in [-0.15, -0.1) is 0 Å². The summed E-state index contributed by atoms with van der Waals surface area (Å²) in [6.07, 6.45) is 3.71. The van der Waals surface area contributed by atoms with Crippen molar-refractivity contribution in [1.29, 1.82) is 0 Å². The number of nitrogens with zero attached hydrogens (tertiary/aromatic N) is 6. The Labute approximate surface area is 260 Å². The number of rotatable bonds is 4. The van der Waals surface area contributed by atoms with Crippen LogP contribution in [0.2, 0.25) is 0 Å². The zero-order valence-corrected chi connectivity index (χ0v) is 26.8. The molecule has 1 unspecified atom stereocenters. The minimum atomic E-state index is -0.905. The van der Waals surface area contributed by atoms with E-state index in [-0.39, 0.29) is 18.2 Å². The van der Waals surface area contributed by atoms with Crippen LogP contribution in [0, 0.1) is 5.82 Å². The molecule has 4 heterocycles. The number of hydrogen-bond acceptors (Lipinski definition) is 9. The molecule has 2 amide bonds. The van der Waals surface area contributed by atoms with E-state index >= 15 is 4.39 Å². The lowest BCUT2D eigenvalue weighted by molar-refractivity contribution is -0.0749. The summed E-state index contributed by atoms with van der Waals surface area (Å²) in [5.74, 6) is 0.161. The number of hydrogen-bond donors (Lipinski definition) is 1. The highest BCUT2D eigenvalue weighted by molar-refractivity contribution is 7.98. The van der Waals surface area contributed by atoms with Gasteiger partial charge in [0.1, 0.15) is 17.0 Å². The minimum Gasteiger partial charge on any atom is -0.444 e. The number of ether oxygens (including phenoxy) is 2. The van der Waals surface area contributed by atoms with Crippen molar-refractivity contribution in [2.75, 3.05) is 37.1 Å². The maximum atomic E-state index is 16.2. The maximum absolute atomic E-state index is 16.2. The highest BCUT2D eigenvalue weighted by Crippen LogP contribution is 2.49. The lowest BCUT2D eigenvalue weighted by Gasteiger charge is -2.37. The second-order valence-electron chi connectivity index (χ2n) is 12.7. The average Bonchev–Trinajstić information content (AvgIpc) is 3.46. The number of aryl methyl sites for hydroxylation is 2. The Balaban J connectivity index is 1.32. The van der Waals surface area contributed by atoms with E-state index in [1.54, 1.807) is 40.9 Å². The third kappa shape index (κ3) is 5.63. The van der Waals surface area contributed by atoms with E-state index in [0.29, 0.717) is 48.8 Å². The van der Waals surface area contributed by atoms with Crippen LogP contribution in [-0.2, 0) is 47.6 Å². The first-order chi connectivity index (χ1) is 20.9. The zero-order chi connectivity index (χ0) is 31.4. The van der Waals surface area contributed by atoms with Gasteiger partial charge in [0.2, 0.25) is 0 Å². The third-order valence-electron chi connectivity index (χ3n) is 8.24. The van der Waals surface area contributed by atoms with Crippen LogP contribution >= 0.6 is 11.8 Å². The van der Waals surface area contributed by atoms with Gasteiger partial charge in [-0.2, -0.15) is 5.10 Å². The first kappa shape index (κ1) is 30.3. The molecular formula is C31H38FN7O4S. The lowest BCUT2D eigenvalue weighted by Crippen LogP contribution is -2.37. The molecular weight excluding hydrogens is 585 g/mol. The molecule has 0 saturated heterocycles. The first-order valence-electron chi connectivity index (χ1n) is 14.8. The van der Waals surface area contributed by atoms with Gasteiger partial charge in [0.15, 0.2) is 16.7 Å². The van der Waals surface area contributed by atoms with Gasteiger partial charge in [-0.05, 0) is 64.0 Å². The van der Waals surface area contributed by atoms with E-state index in [2.05, 4.69) is 15.3 Å². The van der Waals surface area contributed by atoms with E-state index in [4.69, 9.17) is 19.4 Å². The van der Waals surface area contributed by atoms with Crippen molar-refractivity contribution in [2.45, 2.75) is 82.5 Å². The number of nitrogens with one attached hydrogen (secondary N) is 1. The van der Waals surface area contributed by atoms with Crippen molar-refractivity contribution in [3.8, 4) is 0 Å². The molecule has 2 aromatic heterocycles. The van der Waals surface area contributed by atoms with E-state index in [1.165, 1.54) is 16.7 Å². The smallest absolute Gasteiger partial charge is 0.412 e. The third-order valence-corrected chi connectivity index (χ3v) is 8.78. The summed E-state index contributed by atoms with van der Waals surface area (Å²) in [7, 11) is 3.44. The Kier molecular flexibility index (Phi) is 7.81. The van der Waals surface area contributed by atoms with Gasteiger partial charge in [-0.3, -0.25) is 14.8 Å². The highest BCUT2D eigenvalue weighted by atomic mass is 32.2. The van der Waals surface area contributed by atoms with Crippen molar-refractivity contribution >= 4 is 35.3 Å². The topological polar surface area (TPSA) is 115 Å². The zero-order valence-electron chi connectivity index (χ0n) is 26.0. The molecule has 13 heteroatoms. The molecule has 6 rings (SSSR count). The molecule has 1 atom stereocenters. The van der Waals surface area contributed by atoms with Crippen LogP contribution in [0.1, 0.15) is 72.2 Å². The van der Waals surface area contributed by atoms with Crippen LogP contribution < -0.4 is 10.2 Å². The quantitative estimate of drug-likeness (QED) is 0.320. The summed E-state index contributed by atoms with van der Waals surface area (Å²) in [4.78, 5) is 38.6. The van der Waals surface area contributed by atoms with Crippen LogP contribution in [-0.4, -0.2) is 69.1 Å². The fourth-order valence-electron chi connectivity index (χ4n) is 6.26. The van der Waals surface area contributed by atoms with Crippen molar-refractivity contribution in [1.82, 2.24) is 24.6 Å². The van der Waals surface area contributed by atoms with E-state index < -0.39 is 23.1 Å². The van der Waals surface area contributed by atoms with Crippen LogP contribution in [0.25, 0.3) is 0 Å². The highest BCUT2D eigenvalue weighted by Gasteiger charge is 2.47. The van der Waals surface area contributed by atoms with Crippen LogP contribution in [0.4, 0.5) is 20.7 Å². The molecule has 0 saturated carbocycles. The van der Waals surface area contributed by atoms with E-state index in [0.717, 1.165) is 41.3 Å². The van der Waals surface area contributed by atoms with Gasteiger partial charge in [0.25, 0.3) is 5.91 Å². The second-order valence-corrected chi connectivity index (χ2v) is 13.5. The van der Waals surface area contributed by atoms with Gasteiger partial charge in [-0.1, -0.05) is 17.8 Å².